The molecule has 0 aromatic carbocycles. The van der Waals surface area contributed by atoms with Gasteiger partial charge < -0.3 is 9.16 Å². The van der Waals surface area contributed by atoms with Crippen molar-refractivity contribution in [2.45, 2.75) is 70.2 Å². The SMILES string of the molecule is COC(=O)C1=C[C@H]2CCCC[C@@]12O[Si](C)(C)C(C)(C)C. The third-order valence-corrected chi connectivity index (χ3v) is 9.87. The number of hydrogen-bond acceptors (Lipinski definition) is 3. The normalized spacial score (nSPS) is 30.1. The van der Waals surface area contributed by atoms with Gasteiger partial charge in [0.2, 0.25) is 0 Å². The van der Waals surface area contributed by atoms with E-state index >= 15 is 0 Å². The topological polar surface area (TPSA) is 35.5 Å². The lowest BCUT2D eigenvalue weighted by Gasteiger charge is -2.55. The summed E-state index contributed by atoms with van der Waals surface area (Å²) in [6.45, 7) is 11.3. The standard InChI is InChI=1S/C16H28O3Si/c1-15(2,3)20(5,6)19-16-10-8-7-9-12(16)11-13(16)14(17)18-4/h11-12H,7-10H2,1-6H3/t12-,16+/m1/s1. The van der Waals surface area contributed by atoms with Crippen LogP contribution in [0.25, 0.3) is 0 Å². The monoisotopic (exact) mass is 296 g/mol. The summed E-state index contributed by atoms with van der Waals surface area (Å²) >= 11 is 0. The van der Waals surface area contributed by atoms with Crippen molar-refractivity contribution in [3.8, 4) is 0 Å². The molecule has 0 spiro atoms. The molecule has 0 N–H and O–H groups in total. The van der Waals surface area contributed by atoms with Crippen molar-refractivity contribution >= 4 is 14.3 Å². The predicted molar refractivity (Wildman–Crippen MR) is 83.1 cm³/mol. The summed E-state index contributed by atoms with van der Waals surface area (Å²) in [6.07, 6.45) is 6.55. The third-order valence-electron chi connectivity index (χ3n) is 5.38. The molecule has 3 nitrogen and oxygen atoms in total. The van der Waals surface area contributed by atoms with Gasteiger partial charge in [-0.1, -0.05) is 39.7 Å². The molecule has 20 heavy (non-hydrogen) atoms. The summed E-state index contributed by atoms with van der Waals surface area (Å²) in [5.74, 6) is 0.196. The molecule has 0 amide bonds. The zero-order chi connectivity index (χ0) is 15.2. The fourth-order valence-electron chi connectivity index (χ4n) is 3.11. The van der Waals surface area contributed by atoms with Crippen molar-refractivity contribution in [1.29, 1.82) is 0 Å². The predicted octanol–water partition coefficient (Wildman–Crippen LogP) is 4.05. The van der Waals surface area contributed by atoms with Crippen molar-refractivity contribution in [2.75, 3.05) is 7.11 Å². The zero-order valence-corrected chi connectivity index (χ0v) is 14.7. The lowest BCUT2D eigenvalue weighted by Crippen LogP contribution is -2.60. The van der Waals surface area contributed by atoms with E-state index in [9.17, 15) is 4.79 Å². The summed E-state index contributed by atoms with van der Waals surface area (Å²) in [7, 11) is -0.447. The van der Waals surface area contributed by atoms with Gasteiger partial charge in [0.25, 0.3) is 0 Å². The van der Waals surface area contributed by atoms with E-state index in [4.69, 9.17) is 9.16 Å². The summed E-state index contributed by atoms with van der Waals surface area (Å²) < 4.78 is 11.7. The van der Waals surface area contributed by atoms with E-state index in [1.54, 1.807) is 0 Å². The second-order valence-electron chi connectivity index (χ2n) is 7.68. The first-order valence-electron chi connectivity index (χ1n) is 7.65. The number of rotatable bonds is 3. The Kier molecular flexibility index (Phi) is 3.93. The molecule has 2 rings (SSSR count). The van der Waals surface area contributed by atoms with Crippen LogP contribution in [-0.2, 0) is 14.0 Å². The Morgan fingerprint density at radius 3 is 2.50 bits per heavy atom. The van der Waals surface area contributed by atoms with Crippen molar-refractivity contribution < 1.29 is 14.0 Å². The molecule has 2 aliphatic rings. The number of esters is 1. The molecule has 0 unspecified atom stereocenters. The second kappa shape index (κ2) is 4.99. The molecule has 0 aromatic heterocycles. The number of ether oxygens (including phenoxy) is 1. The second-order valence-corrected chi connectivity index (χ2v) is 12.4. The van der Waals surface area contributed by atoms with Gasteiger partial charge in [-0.15, -0.1) is 0 Å². The molecule has 4 heteroatoms. The highest BCUT2D eigenvalue weighted by molar-refractivity contribution is 6.74. The van der Waals surface area contributed by atoms with E-state index in [-0.39, 0.29) is 16.6 Å². The highest BCUT2D eigenvalue weighted by Crippen LogP contribution is 2.54. The third kappa shape index (κ3) is 2.37. The van der Waals surface area contributed by atoms with Crippen LogP contribution >= 0.6 is 0 Å². The van der Waals surface area contributed by atoms with Gasteiger partial charge in [-0.2, -0.15) is 0 Å². The van der Waals surface area contributed by atoms with Gasteiger partial charge in [0, 0.05) is 5.92 Å². The average molecular weight is 296 g/mol. The molecular formula is C16H28O3Si. The fourth-order valence-corrected chi connectivity index (χ4v) is 4.69. The number of hydrogen-bond donors (Lipinski definition) is 0. The van der Waals surface area contributed by atoms with Gasteiger partial charge in [-0.3, -0.25) is 0 Å². The van der Waals surface area contributed by atoms with Crippen molar-refractivity contribution in [1.82, 2.24) is 0 Å². The minimum Gasteiger partial charge on any atom is -0.466 e. The average Bonchev–Trinajstić information content (AvgIpc) is 2.31. The number of carbonyl (C=O) groups excluding carboxylic acids is 1. The van der Waals surface area contributed by atoms with Gasteiger partial charge in [-0.25, -0.2) is 4.79 Å². The Morgan fingerprint density at radius 2 is 2.00 bits per heavy atom. The first-order valence-corrected chi connectivity index (χ1v) is 10.6. The summed E-state index contributed by atoms with van der Waals surface area (Å²) in [5, 5.41) is 0.153. The Morgan fingerprint density at radius 1 is 1.35 bits per heavy atom. The molecule has 1 fully saturated rings. The van der Waals surface area contributed by atoms with Crippen molar-refractivity contribution in [2.24, 2.45) is 5.92 Å². The highest BCUT2D eigenvalue weighted by atomic mass is 28.4. The van der Waals surface area contributed by atoms with Crippen LogP contribution in [0.4, 0.5) is 0 Å². The van der Waals surface area contributed by atoms with Crippen molar-refractivity contribution in [3.05, 3.63) is 11.6 Å². The lowest BCUT2D eigenvalue weighted by atomic mass is 9.63. The fraction of sp³-hybridized carbons (Fsp3) is 0.812. The molecular weight excluding hydrogens is 268 g/mol. The maximum Gasteiger partial charge on any atom is 0.336 e. The van der Waals surface area contributed by atoms with Crippen LogP contribution in [0.15, 0.2) is 11.6 Å². The van der Waals surface area contributed by atoms with Gasteiger partial charge in [0.05, 0.1) is 18.3 Å². The zero-order valence-electron chi connectivity index (χ0n) is 13.7. The van der Waals surface area contributed by atoms with Crippen LogP contribution in [0.5, 0.6) is 0 Å². The molecule has 0 bridgehead atoms. The largest absolute Gasteiger partial charge is 0.466 e. The number of methoxy groups -OCH3 is 1. The summed E-state index contributed by atoms with van der Waals surface area (Å²) in [5.41, 5.74) is 0.420. The molecule has 2 aliphatic carbocycles. The molecule has 0 heterocycles. The summed E-state index contributed by atoms with van der Waals surface area (Å²) in [6, 6.07) is 0. The van der Waals surface area contributed by atoms with E-state index in [1.165, 1.54) is 13.5 Å². The molecule has 0 radical (unpaired) electrons. The Balaban J connectivity index is 2.30. The molecule has 0 saturated heterocycles. The Hall–Kier alpha value is -0.613. The minimum atomic E-state index is -1.90. The van der Waals surface area contributed by atoms with E-state index < -0.39 is 8.32 Å². The van der Waals surface area contributed by atoms with Crippen LogP contribution < -0.4 is 0 Å². The molecule has 2 atom stereocenters. The first kappa shape index (κ1) is 15.8. The Bertz CT molecular complexity index is 433. The maximum absolute atomic E-state index is 12.0. The van der Waals surface area contributed by atoms with Gasteiger partial charge in [-0.05, 0) is 31.0 Å². The van der Waals surface area contributed by atoms with Crippen LogP contribution in [0, 0.1) is 5.92 Å². The van der Waals surface area contributed by atoms with E-state index in [0.29, 0.717) is 5.92 Å². The summed E-state index contributed by atoms with van der Waals surface area (Å²) in [4.78, 5) is 12.0. The van der Waals surface area contributed by atoms with E-state index in [1.807, 2.05) is 0 Å². The van der Waals surface area contributed by atoms with Crippen LogP contribution in [0.2, 0.25) is 18.1 Å². The highest BCUT2D eigenvalue weighted by Gasteiger charge is 2.57. The maximum atomic E-state index is 12.0. The Labute approximate surface area is 123 Å². The molecule has 1 saturated carbocycles. The van der Waals surface area contributed by atoms with E-state index in [2.05, 4.69) is 39.9 Å². The minimum absolute atomic E-state index is 0.153. The first-order chi connectivity index (χ1) is 9.14. The van der Waals surface area contributed by atoms with Crippen molar-refractivity contribution in [3.63, 3.8) is 0 Å². The molecule has 0 aromatic rings. The smallest absolute Gasteiger partial charge is 0.336 e. The van der Waals surface area contributed by atoms with Crippen LogP contribution in [0.3, 0.4) is 0 Å². The van der Waals surface area contributed by atoms with Crippen LogP contribution in [0.1, 0.15) is 46.5 Å². The van der Waals surface area contributed by atoms with Gasteiger partial charge in [0.15, 0.2) is 8.32 Å². The number of carbonyl (C=O) groups is 1. The molecule has 114 valence electrons. The van der Waals surface area contributed by atoms with Gasteiger partial charge in [0.1, 0.15) is 0 Å². The van der Waals surface area contributed by atoms with Gasteiger partial charge >= 0.3 is 5.97 Å². The van der Waals surface area contributed by atoms with Crippen LogP contribution in [-0.4, -0.2) is 27.0 Å². The quantitative estimate of drug-likeness (QED) is 0.582. The molecule has 0 aliphatic heterocycles. The number of fused-ring (bicyclic) bond motifs is 1. The van der Waals surface area contributed by atoms with E-state index in [0.717, 1.165) is 24.8 Å². The lowest BCUT2D eigenvalue weighted by molar-refractivity contribution is -0.141.